The fourth-order valence-corrected chi connectivity index (χ4v) is 4.62. The predicted octanol–water partition coefficient (Wildman–Crippen LogP) is 7.60. The minimum atomic E-state index is 0.518. The SMILES string of the molecule is C=C/C=C\c1c(CC)[nH]c(CCC)c1C(C)CC(=C)C1CCC(C)CC1. The van der Waals surface area contributed by atoms with E-state index in [-0.39, 0.29) is 0 Å². The number of hydrogen-bond acceptors (Lipinski definition) is 0. The van der Waals surface area contributed by atoms with Crippen molar-refractivity contribution < 1.29 is 0 Å². The second kappa shape index (κ2) is 10.00. The Morgan fingerprint density at radius 2 is 1.88 bits per heavy atom. The lowest BCUT2D eigenvalue weighted by atomic mass is 9.76. The van der Waals surface area contributed by atoms with Crippen LogP contribution < -0.4 is 0 Å². The van der Waals surface area contributed by atoms with E-state index in [1.807, 2.05) is 6.08 Å². The lowest BCUT2D eigenvalue weighted by Crippen LogP contribution is -2.15. The average Bonchev–Trinajstić information content (AvgIpc) is 2.98. The van der Waals surface area contributed by atoms with E-state index >= 15 is 0 Å². The average molecular weight is 354 g/mol. The molecule has 1 fully saturated rings. The molecule has 144 valence electrons. The number of aromatic amines is 1. The first-order valence-corrected chi connectivity index (χ1v) is 10.7. The van der Waals surface area contributed by atoms with Gasteiger partial charge < -0.3 is 4.98 Å². The summed E-state index contributed by atoms with van der Waals surface area (Å²) >= 11 is 0. The second-order valence-electron chi connectivity index (χ2n) is 8.33. The molecular formula is C25H39N. The van der Waals surface area contributed by atoms with Crippen molar-refractivity contribution in [3.8, 4) is 0 Å². The van der Waals surface area contributed by atoms with Crippen molar-refractivity contribution in [3.05, 3.63) is 53.4 Å². The molecule has 1 aromatic rings. The van der Waals surface area contributed by atoms with Gasteiger partial charge >= 0.3 is 0 Å². The summed E-state index contributed by atoms with van der Waals surface area (Å²) in [6, 6.07) is 0. The number of hydrogen-bond donors (Lipinski definition) is 1. The Labute approximate surface area is 161 Å². The summed E-state index contributed by atoms with van der Waals surface area (Å²) in [6.45, 7) is 17.7. The number of H-pyrrole nitrogens is 1. The van der Waals surface area contributed by atoms with Crippen molar-refractivity contribution in [1.82, 2.24) is 4.98 Å². The Morgan fingerprint density at radius 3 is 2.46 bits per heavy atom. The summed E-state index contributed by atoms with van der Waals surface area (Å²) in [5, 5.41) is 0. The summed E-state index contributed by atoms with van der Waals surface area (Å²) in [6.07, 6.45) is 16.1. The lowest BCUT2D eigenvalue weighted by molar-refractivity contribution is 0.314. The van der Waals surface area contributed by atoms with Crippen LogP contribution >= 0.6 is 0 Å². The normalized spacial score (nSPS) is 21.8. The third-order valence-electron chi connectivity index (χ3n) is 6.15. The van der Waals surface area contributed by atoms with Gasteiger partial charge in [0.25, 0.3) is 0 Å². The molecule has 1 aliphatic carbocycles. The van der Waals surface area contributed by atoms with Crippen LogP contribution in [-0.2, 0) is 12.8 Å². The van der Waals surface area contributed by atoms with E-state index in [4.69, 9.17) is 0 Å². The van der Waals surface area contributed by atoms with Gasteiger partial charge in [-0.3, -0.25) is 0 Å². The second-order valence-corrected chi connectivity index (χ2v) is 8.33. The van der Waals surface area contributed by atoms with Gasteiger partial charge in [-0.25, -0.2) is 0 Å². The van der Waals surface area contributed by atoms with Crippen LogP contribution in [0.4, 0.5) is 0 Å². The van der Waals surface area contributed by atoms with Gasteiger partial charge in [-0.15, -0.1) is 0 Å². The third kappa shape index (κ3) is 5.02. The summed E-state index contributed by atoms with van der Waals surface area (Å²) < 4.78 is 0. The number of aromatic nitrogens is 1. The van der Waals surface area contributed by atoms with E-state index in [1.54, 1.807) is 0 Å². The van der Waals surface area contributed by atoms with Crippen molar-refractivity contribution in [2.75, 3.05) is 0 Å². The number of allylic oxidation sites excluding steroid dienone is 3. The van der Waals surface area contributed by atoms with Gasteiger partial charge in [-0.2, -0.15) is 0 Å². The van der Waals surface area contributed by atoms with Crippen molar-refractivity contribution in [2.24, 2.45) is 11.8 Å². The molecule has 1 heteroatoms. The van der Waals surface area contributed by atoms with Gasteiger partial charge in [0.2, 0.25) is 0 Å². The fourth-order valence-electron chi connectivity index (χ4n) is 4.62. The molecule has 0 saturated heterocycles. The number of rotatable bonds is 9. The molecule has 0 bridgehead atoms. The Hall–Kier alpha value is -1.50. The number of nitrogens with one attached hydrogen (secondary N) is 1. The lowest BCUT2D eigenvalue weighted by Gasteiger charge is -2.29. The predicted molar refractivity (Wildman–Crippen MR) is 117 cm³/mol. The molecule has 1 unspecified atom stereocenters. The highest BCUT2D eigenvalue weighted by Gasteiger charge is 2.24. The zero-order valence-corrected chi connectivity index (χ0v) is 17.5. The molecule has 1 aromatic heterocycles. The zero-order valence-electron chi connectivity index (χ0n) is 17.5. The molecule has 0 amide bonds. The standard InChI is InChI=1S/C25H39N/c1-7-10-12-22-23(9-3)26-24(11-8-2)25(22)20(6)17-19(5)21-15-13-18(4)14-16-21/h7,10,12,18,20-21,26H,1,5,8-9,11,13-17H2,2-4,6H3/b12-10-. The smallest absolute Gasteiger partial charge is 0.0223 e. The molecule has 2 rings (SSSR count). The molecule has 1 aliphatic rings. The van der Waals surface area contributed by atoms with E-state index in [2.05, 4.69) is 58.0 Å². The van der Waals surface area contributed by atoms with Crippen molar-refractivity contribution in [1.29, 1.82) is 0 Å². The van der Waals surface area contributed by atoms with Gasteiger partial charge in [0.15, 0.2) is 0 Å². The van der Waals surface area contributed by atoms with Gasteiger partial charge in [0, 0.05) is 11.4 Å². The molecule has 0 aliphatic heterocycles. The molecule has 1 nitrogen and oxygen atoms in total. The van der Waals surface area contributed by atoms with E-state index in [1.165, 1.54) is 60.2 Å². The topological polar surface area (TPSA) is 15.8 Å². The zero-order chi connectivity index (χ0) is 19.1. The van der Waals surface area contributed by atoms with Crippen LogP contribution in [-0.4, -0.2) is 4.98 Å². The minimum absolute atomic E-state index is 0.518. The molecule has 1 atom stereocenters. The molecule has 26 heavy (non-hydrogen) atoms. The van der Waals surface area contributed by atoms with Gasteiger partial charge in [0.1, 0.15) is 0 Å². The molecular weight excluding hydrogens is 314 g/mol. The van der Waals surface area contributed by atoms with Crippen molar-refractivity contribution >= 4 is 6.08 Å². The fraction of sp³-hybridized carbons (Fsp3) is 0.600. The van der Waals surface area contributed by atoms with Crippen LogP contribution in [0.25, 0.3) is 6.08 Å². The molecule has 1 N–H and O–H groups in total. The highest BCUT2D eigenvalue weighted by atomic mass is 14.7. The largest absolute Gasteiger partial charge is 0.362 e. The van der Waals surface area contributed by atoms with E-state index < -0.39 is 0 Å². The van der Waals surface area contributed by atoms with E-state index in [9.17, 15) is 0 Å². The van der Waals surface area contributed by atoms with Gasteiger partial charge in [-0.05, 0) is 61.0 Å². The van der Waals surface area contributed by atoms with Gasteiger partial charge in [0.05, 0.1) is 0 Å². The number of aryl methyl sites for hydroxylation is 2. The summed E-state index contributed by atoms with van der Waals surface area (Å²) in [4.78, 5) is 3.73. The van der Waals surface area contributed by atoms with Crippen LogP contribution in [0.15, 0.2) is 30.9 Å². The summed E-state index contributed by atoms with van der Waals surface area (Å²) in [5.41, 5.74) is 7.20. The van der Waals surface area contributed by atoms with Gasteiger partial charge in [-0.1, -0.05) is 83.9 Å². The first-order chi connectivity index (χ1) is 12.5. The first kappa shape index (κ1) is 20.8. The highest BCUT2D eigenvalue weighted by molar-refractivity contribution is 5.61. The molecule has 1 saturated carbocycles. The summed E-state index contributed by atoms with van der Waals surface area (Å²) in [7, 11) is 0. The van der Waals surface area contributed by atoms with E-state index in [0.717, 1.165) is 31.1 Å². The van der Waals surface area contributed by atoms with Crippen LogP contribution in [0.3, 0.4) is 0 Å². The maximum atomic E-state index is 4.52. The van der Waals surface area contributed by atoms with E-state index in [0.29, 0.717) is 5.92 Å². The van der Waals surface area contributed by atoms with Crippen LogP contribution in [0.1, 0.15) is 94.7 Å². The highest BCUT2D eigenvalue weighted by Crippen LogP contribution is 2.39. The minimum Gasteiger partial charge on any atom is -0.362 e. The van der Waals surface area contributed by atoms with Crippen LogP contribution in [0.5, 0.6) is 0 Å². The monoisotopic (exact) mass is 353 g/mol. The molecule has 0 spiro atoms. The Balaban J connectivity index is 2.23. The molecule has 0 aromatic carbocycles. The molecule has 0 radical (unpaired) electrons. The Morgan fingerprint density at radius 1 is 1.19 bits per heavy atom. The Kier molecular flexibility index (Phi) is 8.00. The van der Waals surface area contributed by atoms with Crippen LogP contribution in [0, 0.1) is 11.8 Å². The third-order valence-corrected chi connectivity index (χ3v) is 6.15. The van der Waals surface area contributed by atoms with Crippen molar-refractivity contribution in [2.45, 2.75) is 85.0 Å². The summed E-state index contributed by atoms with van der Waals surface area (Å²) in [5.74, 6) is 2.16. The maximum absolute atomic E-state index is 4.52. The maximum Gasteiger partial charge on any atom is 0.0223 e. The van der Waals surface area contributed by atoms with Crippen LogP contribution in [0.2, 0.25) is 0 Å². The Bertz CT molecular complexity index is 623. The first-order valence-electron chi connectivity index (χ1n) is 10.7. The van der Waals surface area contributed by atoms with Crippen molar-refractivity contribution in [3.63, 3.8) is 0 Å². The quantitative estimate of drug-likeness (QED) is 0.347. The molecule has 1 heterocycles.